The summed E-state index contributed by atoms with van der Waals surface area (Å²) >= 11 is 0. The van der Waals surface area contributed by atoms with Crippen molar-refractivity contribution < 1.29 is 5.11 Å². The maximum absolute atomic E-state index is 9.61. The van der Waals surface area contributed by atoms with Gasteiger partial charge in [0.25, 0.3) is 0 Å². The van der Waals surface area contributed by atoms with Crippen LogP contribution in [0.4, 0.5) is 0 Å². The van der Waals surface area contributed by atoms with Crippen LogP contribution in [0.1, 0.15) is 11.7 Å². The van der Waals surface area contributed by atoms with Gasteiger partial charge < -0.3 is 15.8 Å². The van der Waals surface area contributed by atoms with Crippen molar-refractivity contribution in [1.82, 2.24) is 4.98 Å². The summed E-state index contributed by atoms with van der Waals surface area (Å²) in [4.78, 5) is 3.09. The molecule has 2 rings (SSSR count). The summed E-state index contributed by atoms with van der Waals surface area (Å²) in [5, 5.41) is 10.6. The van der Waals surface area contributed by atoms with Crippen molar-refractivity contribution in [3.05, 3.63) is 36.0 Å². The lowest BCUT2D eigenvalue weighted by molar-refractivity contribution is 0.188. The number of aromatic nitrogens is 1. The monoisotopic (exact) mass is 176 g/mol. The average molecular weight is 176 g/mol. The molecule has 0 bridgehead atoms. The van der Waals surface area contributed by atoms with Crippen molar-refractivity contribution in [2.75, 3.05) is 6.54 Å². The Hall–Kier alpha value is -1.32. The predicted octanol–water partition coefficient (Wildman–Crippen LogP) is 1.16. The van der Waals surface area contributed by atoms with E-state index in [1.165, 1.54) is 0 Å². The highest BCUT2D eigenvalue weighted by Gasteiger charge is 2.08. The van der Waals surface area contributed by atoms with Gasteiger partial charge in [-0.3, -0.25) is 0 Å². The van der Waals surface area contributed by atoms with Crippen molar-refractivity contribution >= 4 is 10.9 Å². The van der Waals surface area contributed by atoms with Gasteiger partial charge in [-0.15, -0.1) is 0 Å². The van der Waals surface area contributed by atoms with E-state index in [2.05, 4.69) is 4.98 Å². The SMILES string of the molecule is NCC(O)c1cccc2[nH]ccc12. The van der Waals surface area contributed by atoms with E-state index in [4.69, 9.17) is 5.73 Å². The highest BCUT2D eigenvalue weighted by Crippen LogP contribution is 2.22. The lowest BCUT2D eigenvalue weighted by Crippen LogP contribution is -2.11. The molecule has 0 spiro atoms. The van der Waals surface area contributed by atoms with Crippen LogP contribution in [0.15, 0.2) is 30.5 Å². The molecule has 0 saturated carbocycles. The zero-order valence-corrected chi connectivity index (χ0v) is 7.20. The molecule has 3 nitrogen and oxygen atoms in total. The smallest absolute Gasteiger partial charge is 0.0918 e. The molecule has 13 heavy (non-hydrogen) atoms. The molecule has 68 valence electrons. The van der Waals surface area contributed by atoms with E-state index in [1.807, 2.05) is 30.5 Å². The molecule has 0 aliphatic rings. The van der Waals surface area contributed by atoms with Crippen LogP contribution in [0.25, 0.3) is 10.9 Å². The third-order valence-corrected chi connectivity index (χ3v) is 2.21. The molecule has 0 aliphatic carbocycles. The summed E-state index contributed by atoms with van der Waals surface area (Å²) < 4.78 is 0. The Kier molecular flexibility index (Phi) is 2.04. The van der Waals surface area contributed by atoms with Crippen LogP contribution >= 0.6 is 0 Å². The number of benzene rings is 1. The lowest BCUT2D eigenvalue weighted by atomic mass is 10.1. The Bertz CT molecular complexity index is 408. The highest BCUT2D eigenvalue weighted by molar-refractivity contribution is 5.83. The largest absolute Gasteiger partial charge is 0.387 e. The Morgan fingerprint density at radius 3 is 3.00 bits per heavy atom. The second-order valence-corrected chi connectivity index (χ2v) is 3.04. The maximum Gasteiger partial charge on any atom is 0.0918 e. The van der Waals surface area contributed by atoms with Crippen molar-refractivity contribution in [3.63, 3.8) is 0 Å². The van der Waals surface area contributed by atoms with Gasteiger partial charge in [0.2, 0.25) is 0 Å². The number of hydrogen-bond acceptors (Lipinski definition) is 2. The minimum absolute atomic E-state index is 0.254. The molecule has 1 unspecified atom stereocenters. The number of nitrogens with one attached hydrogen (secondary N) is 1. The summed E-state index contributed by atoms with van der Waals surface area (Å²) in [6, 6.07) is 7.73. The van der Waals surface area contributed by atoms with Crippen LogP contribution in [0, 0.1) is 0 Å². The zero-order chi connectivity index (χ0) is 9.26. The van der Waals surface area contributed by atoms with Gasteiger partial charge in [-0.1, -0.05) is 12.1 Å². The standard InChI is InChI=1S/C10H12N2O/c11-6-10(13)8-2-1-3-9-7(8)4-5-12-9/h1-5,10,12-13H,6,11H2. The molecular formula is C10H12N2O. The van der Waals surface area contributed by atoms with E-state index in [1.54, 1.807) is 0 Å². The van der Waals surface area contributed by atoms with Gasteiger partial charge in [0.15, 0.2) is 0 Å². The third-order valence-electron chi connectivity index (χ3n) is 2.21. The topological polar surface area (TPSA) is 62.0 Å². The summed E-state index contributed by atoms with van der Waals surface area (Å²) in [7, 11) is 0. The fraction of sp³-hybridized carbons (Fsp3) is 0.200. The third kappa shape index (κ3) is 1.32. The normalized spacial score (nSPS) is 13.4. The Balaban J connectivity index is 2.60. The van der Waals surface area contributed by atoms with Crippen molar-refractivity contribution in [3.8, 4) is 0 Å². The molecular weight excluding hydrogens is 164 g/mol. The number of hydrogen-bond donors (Lipinski definition) is 3. The molecule has 0 saturated heterocycles. The number of nitrogens with two attached hydrogens (primary N) is 1. The fourth-order valence-corrected chi connectivity index (χ4v) is 1.53. The van der Waals surface area contributed by atoms with Gasteiger partial charge in [-0.05, 0) is 17.7 Å². The second kappa shape index (κ2) is 3.20. The molecule has 0 aliphatic heterocycles. The molecule has 3 heteroatoms. The van der Waals surface area contributed by atoms with Gasteiger partial charge >= 0.3 is 0 Å². The molecule has 4 N–H and O–H groups in total. The number of aliphatic hydroxyl groups excluding tert-OH is 1. The molecule has 1 aromatic carbocycles. The van der Waals surface area contributed by atoms with Crippen molar-refractivity contribution in [2.45, 2.75) is 6.10 Å². The van der Waals surface area contributed by atoms with Crippen LogP contribution in [-0.2, 0) is 0 Å². The molecule has 1 atom stereocenters. The van der Waals surface area contributed by atoms with E-state index in [0.29, 0.717) is 0 Å². The van der Waals surface area contributed by atoms with E-state index < -0.39 is 6.10 Å². The van der Waals surface area contributed by atoms with Crippen LogP contribution in [0.5, 0.6) is 0 Å². The first kappa shape index (κ1) is 8.29. The Labute approximate surface area is 76.2 Å². The summed E-state index contributed by atoms with van der Waals surface area (Å²) in [6.45, 7) is 0.254. The predicted molar refractivity (Wildman–Crippen MR) is 52.3 cm³/mol. The number of rotatable bonds is 2. The number of aliphatic hydroxyl groups is 1. The van der Waals surface area contributed by atoms with E-state index >= 15 is 0 Å². The first-order valence-electron chi connectivity index (χ1n) is 4.27. The van der Waals surface area contributed by atoms with E-state index in [0.717, 1.165) is 16.5 Å². The maximum atomic E-state index is 9.61. The summed E-state index contributed by atoms with van der Waals surface area (Å²) in [6.07, 6.45) is 1.29. The van der Waals surface area contributed by atoms with Gasteiger partial charge in [-0.25, -0.2) is 0 Å². The molecule has 2 aromatic rings. The molecule has 1 aromatic heterocycles. The number of aromatic amines is 1. The van der Waals surface area contributed by atoms with Crippen molar-refractivity contribution in [2.24, 2.45) is 5.73 Å². The molecule has 1 heterocycles. The zero-order valence-electron chi connectivity index (χ0n) is 7.20. The number of H-pyrrole nitrogens is 1. The molecule has 0 fully saturated rings. The van der Waals surface area contributed by atoms with Gasteiger partial charge in [0.05, 0.1) is 6.10 Å². The van der Waals surface area contributed by atoms with Gasteiger partial charge in [0.1, 0.15) is 0 Å². The van der Waals surface area contributed by atoms with Crippen LogP contribution in [0.2, 0.25) is 0 Å². The minimum atomic E-state index is -0.570. The molecule has 0 amide bonds. The Morgan fingerprint density at radius 2 is 2.23 bits per heavy atom. The van der Waals surface area contributed by atoms with Crippen LogP contribution < -0.4 is 5.73 Å². The van der Waals surface area contributed by atoms with Gasteiger partial charge in [-0.2, -0.15) is 0 Å². The first-order valence-corrected chi connectivity index (χ1v) is 4.27. The van der Waals surface area contributed by atoms with Gasteiger partial charge in [0, 0.05) is 23.6 Å². The number of fused-ring (bicyclic) bond motifs is 1. The van der Waals surface area contributed by atoms with E-state index in [-0.39, 0.29) is 6.54 Å². The highest BCUT2D eigenvalue weighted by atomic mass is 16.3. The average Bonchev–Trinajstić information content (AvgIpc) is 2.63. The summed E-state index contributed by atoms with van der Waals surface area (Å²) in [5.74, 6) is 0. The summed E-state index contributed by atoms with van der Waals surface area (Å²) in [5.41, 5.74) is 7.33. The van der Waals surface area contributed by atoms with Crippen molar-refractivity contribution in [1.29, 1.82) is 0 Å². The first-order chi connectivity index (χ1) is 6.33. The fourth-order valence-electron chi connectivity index (χ4n) is 1.53. The second-order valence-electron chi connectivity index (χ2n) is 3.04. The molecule has 0 radical (unpaired) electrons. The minimum Gasteiger partial charge on any atom is -0.387 e. The quantitative estimate of drug-likeness (QED) is 0.643. The van der Waals surface area contributed by atoms with Crippen LogP contribution in [-0.4, -0.2) is 16.6 Å². The lowest BCUT2D eigenvalue weighted by Gasteiger charge is -2.08. The Morgan fingerprint density at radius 1 is 1.38 bits per heavy atom. The van der Waals surface area contributed by atoms with E-state index in [9.17, 15) is 5.11 Å². The van der Waals surface area contributed by atoms with Crippen LogP contribution in [0.3, 0.4) is 0 Å².